The quantitative estimate of drug-likeness (QED) is 0.231. The summed E-state index contributed by atoms with van der Waals surface area (Å²) in [5.41, 5.74) is 14.6. The van der Waals surface area contributed by atoms with E-state index in [0.29, 0.717) is 0 Å². The number of rotatable bonds is 1. The van der Waals surface area contributed by atoms with Gasteiger partial charge in [-0.1, -0.05) is 121 Å². The molecule has 0 atom stereocenters. The summed E-state index contributed by atoms with van der Waals surface area (Å²) in [6.07, 6.45) is 0. The smallest absolute Gasteiger partial charge is 0.0619 e. The highest BCUT2D eigenvalue weighted by atomic mass is 14.5. The van der Waals surface area contributed by atoms with Gasteiger partial charge in [-0.05, 0) is 85.0 Å². The maximum absolute atomic E-state index is 2.43. The van der Waals surface area contributed by atoms with Crippen molar-refractivity contribution in [3.63, 3.8) is 0 Å². The highest BCUT2D eigenvalue weighted by molar-refractivity contribution is 6.01. The van der Waals surface area contributed by atoms with E-state index in [4.69, 9.17) is 0 Å². The molecule has 0 nitrogen and oxygen atoms in total. The normalized spacial score (nSPS) is 13.9. The molecule has 0 aliphatic heterocycles. The van der Waals surface area contributed by atoms with E-state index in [0.717, 1.165) is 0 Å². The lowest BCUT2D eigenvalue weighted by atomic mass is 9.70. The van der Waals surface area contributed by atoms with E-state index in [9.17, 15) is 0 Å². The van der Waals surface area contributed by atoms with Gasteiger partial charge in [0.05, 0.1) is 5.41 Å². The van der Waals surface area contributed by atoms with Crippen LogP contribution in [0.15, 0.2) is 127 Å². The van der Waals surface area contributed by atoms with E-state index in [1.165, 1.54) is 72.0 Å². The molecule has 8 rings (SSSR count). The molecule has 1 spiro atoms. The van der Waals surface area contributed by atoms with Gasteiger partial charge in [-0.3, -0.25) is 0 Å². The first-order chi connectivity index (χ1) is 17.8. The number of hydrogen-bond acceptors (Lipinski definition) is 0. The SMILES string of the molecule is Cc1ccc(-c2ccc3c(c2)-c2ccccc2C32c3ccccc3-c3ccccc32)c2ccccc12. The maximum atomic E-state index is 2.43. The Bertz CT molecular complexity index is 1810. The summed E-state index contributed by atoms with van der Waals surface area (Å²) < 4.78 is 0. The molecule has 0 unspecified atom stereocenters. The minimum Gasteiger partial charge on any atom is -0.0619 e. The average Bonchev–Trinajstić information content (AvgIpc) is 3.41. The fraction of sp³-hybridized carbons (Fsp3) is 0.0556. The lowest BCUT2D eigenvalue weighted by molar-refractivity contribution is 0.794. The summed E-state index contributed by atoms with van der Waals surface area (Å²) in [6, 6.07) is 47.5. The molecular formula is C36H24. The molecule has 36 heavy (non-hydrogen) atoms. The van der Waals surface area contributed by atoms with Crippen LogP contribution in [0.25, 0.3) is 44.2 Å². The Labute approximate surface area is 211 Å². The lowest BCUT2D eigenvalue weighted by Gasteiger charge is -2.30. The van der Waals surface area contributed by atoms with Crippen LogP contribution in [0.5, 0.6) is 0 Å². The molecule has 0 fully saturated rings. The third-order valence-electron chi connectivity index (χ3n) is 8.45. The topological polar surface area (TPSA) is 0 Å². The predicted octanol–water partition coefficient (Wildman–Crippen LogP) is 9.16. The van der Waals surface area contributed by atoms with E-state index in [2.05, 4.69) is 134 Å². The molecule has 0 saturated heterocycles. The fourth-order valence-corrected chi connectivity index (χ4v) is 6.97. The third kappa shape index (κ3) is 2.34. The Hall–Kier alpha value is -4.42. The Morgan fingerprint density at radius 2 is 0.889 bits per heavy atom. The van der Waals surface area contributed by atoms with Crippen LogP contribution < -0.4 is 0 Å². The molecule has 2 aliphatic rings. The summed E-state index contributed by atoms with van der Waals surface area (Å²) >= 11 is 0. The van der Waals surface area contributed by atoms with Crippen LogP contribution in [0.1, 0.15) is 27.8 Å². The molecule has 0 bridgehead atoms. The zero-order chi connectivity index (χ0) is 23.9. The second-order valence-electron chi connectivity index (χ2n) is 10.1. The molecule has 0 radical (unpaired) electrons. The Morgan fingerprint density at radius 3 is 1.53 bits per heavy atom. The van der Waals surface area contributed by atoms with Crippen molar-refractivity contribution in [1.29, 1.82) is 0 Å². The Kier molecular flexibility index (Phi) is 3.89. The Morgan fingerprint density at radius 1 is 0.389 bits per heavy atom. The first kappa shape index (κ1) is 19.8. The maximum Gasteiger partial charge on any atom is 0.0725 e. The van der Waals surface area contributed by atoms with Gasteiger partial charge < -0.3 is 0 Å². The second kappa shape index (κ2) is 7.06. The van der Waals surface area contributed by atoms with Gasteiger partial charge in [0, 0.05) is 0 Å². The van der Waals surface area contributed by atoms with Crippen molar-refractivity contribution in [2.45, 2.75) is 12.3 Å². The molecule has 6 aromatic carbocycles. The van der Waals surface area contributed by atoms with E-state index in [-0.39, 0.29) is 5.41 Å². The first-order valence-corrected chi connectivity index (χ1v) is 12.7. The molecule has 0 N–H and O–H groups in total. The predicted molar refractivity (Wildman–Crippen MR) is 150 cm³/mol. The third-order valence-corrected chi connectivity index (χ3v) is 8.45. The van der Waals surface area contributed by atoms with Crippen molar-refractivity contribution in [3.05, 3.63) is 155 Å². The van der Waals surface area contributed by atoms with Gasteiger partial charge in [0.2, 0.25) is 0 Å². The van der Waals surface area contributed by atoms with E-state index in [1.54, 1.807) is 0 Å². The van der Waals surface area contributed by atoms with Crippen molar-refractivity contribution in [2.24, 2.45) is 0 Å². The summed E-state index contributed by atoms with van der Waals surface area (Å²) in [5.74, 6) is 0. The van der Waals surface area contributed by atoms with E-state index in [1.807, 2.05) is 0 Å². The minimum atomic E-state index is -0.271. The standard InChI is InChI=1S/C36H24/c1-23-18-20-26(27-11-3-2-10-25(23)27)24-19-21-35-31(22-24)30-14-6-9-17-34(30)36(35)32-15-7-4-12-28(32)29-13-5-8-16-33(29)36/h2-22H,1H3. The van der Waals surface area contributed by atoms with Gasteiger partial charge in [-0.25, -0.2) is 0 Å². The molecule has 0 amide bonds. The molecule has 0 heteroatoms. The molecule has 6 aromatic rings. The zero-order valence-electron chi connectivity index (χ0n) is 20.1. The molecule has 2 aliphatic carbocycles. The molecule has 168 valence electrons. The minimum absolute atomic E-state index is 0.271. The summed E-state index contributed by atoms with van der Waals surface area (Å²) in [6.45, 7) is 2.20. The van der Waals surface area contributed by atoms with Crippen LogP contribution in [0.2, 0.25) is 0 Å². The van der Waals surface area contributed by atoms with E-state index < -0.39 is 0 Å². The van der Waals surface area contributed by atoms with Crippen molar-refractivity contribution >= 4 is 10.8 Å². The van der Waals surface area contributed by atoms with Gasteiger partial charge >= 0.3 is 0 Å². The monoisotopic (exact) mass is 456 g/mol. The number of hydrogen-bond donors (Lipinski definition) is 0. The largest absolute Gasteiger partial charge is 0.0725 e. The molecular weight excluding hydrogens is 432 g/mol. The van der Waals surface area contributed by atoms with Gasteiger partial charge in [-0.15, -0.1) is 0 Å². The van der Waals surface area contributed by atoms with Gasteiger partial charge in [-0.2, -0.15) is 0 Å². The Balaban J connectivity index is 1.46. The average molecular weight is 457 g/mol. The van der Waals surface area contributed by atoms with Crippen molar-refractivity contribution in [2.75, 3.05) is 0 Å². The highest BCUT2D eigenvalue weighted by Crippen LogP contribution is 2.62. The highest BCUT2D eigenvalue weighted by Gasteiger charge is 2.51. The van der Waals surface area contributed by atoms with Gasteiger partial charge in [0.1, 0.15) is 0 Å². The van der Waals surface area contributed by atoms with Crippen LogP contribution in [0.3, 0.4) is 0 Å². The van der Waals surface area contributed by atoms with Crippen LogP contribution in [-0.4, -0.2) is 0 Å². The second-order valence-corrected chi connectivity index (χ2v) is 10.1. The number of fused-ring (bicyclic) bond motifs is 11. The van der Waals surface area contributed by atoms with Crippen LogP contribution in [0, 0.1) is 6.92 Å². The molecule has 0 heterocycles. The summed E-state index contributed by atoms with van der Waals surface area (Å²) in [7, 11) is 0. The summed E-state index contributed by atoms with van der Waals surface area (Å²) in [4.78, 5) is 0. The number of aryl methyl sites for hydroxylation is 1. The lowest BCUT2D eigenvalue weighted by Crippen LogP contribution is -2.25. The van der Waals surface area contributed by atoms with Gasteiger partial charge in [0.15, 0.2) is 0 Å². The molecule has 0 aromatic heterocycles. The van der Waals surface area contributed by atoms with Crippen molar-refractivity contribution in [3.8, 4) is 33.4 Å². The van der Waals surface area contributed by atoms with Crippen molar-refractivity contribution in [1.82, 2.24) is 0 Å². The zero-order valence-corrected chi connectivity index (χ0v) is 20.1. The molecule has 0 saturated carbocycles. The fourth-order valence-electron chi connectivity index (χ4n) is 6.97. The number of benzene rings is 6. The van der Waals surface area contributed by atoms with E-state index >= 15 is 0 Å². The van der Waals surface area contributed by atoms with Gasteiger partial charge in [0.25, 0.3) is 0 Å². The summed E-state index contributed by atoms with van der Waals surface area (Å²) in [5, 5.41) is 2.64. The van der Waals surface area contributed by atoms with Crippen LogP contribution >= 0.6 is 0 Å². The van der Waals surface area contributed by atoms with Crippen molar-refractivity contribution < 1.29 is 0 Å². The van der Waals surface area contributed by atoms with Crippen LogP contribution in [-0.2, 0) is 5.41 Å². The first-order valence-electron chi connectivity index (χ1n) is 12.7. The van der Waals surface area contributed by atoms with Crippen LogP contribution in [0.4, 0.5) is 0 Å².